The highest BCUT2D eigenvalue weighted by molar-refractivity contribution is 5.79. The molecule has 0 N–H and O–H groups in total. The summed E-state index contributed by atoms with van der Waals surface area (Å²) < 4.78 is 5.33. The largest absolute Gasteiger partial charge is 0.464 e. The van der Waals surface area contributed by atoms with Gasteiger partial charge < -0.3 is 4.42 Å². The van der Waals surface area contributed by atoms with E-state index in [2.05, 4.69) is 24.1 Å². The summed E-state index contributed by atoms with van der Waals surface area (Å²) in [6, 6.07) is 3.90. The average Bonchev–Trinajstić information content (AvgIpc) is 2.73. The second-order valence-electron chi connectivity index (χ2n) is 3.55. The standard InChI is InChI=1S/C13H15NO/c1-2-3-4-5-6-12-11-8-10-15-13(11)7-9-14-12/h2-3,7-10H,4-6H2,1H3. The van der Waals surface area contributed by atoms with Crippen molar-refractivity contribution in [3.63, 3.8) is 0 Å². The van der Waals surface area contributed by atoms with Gasteiger partial charge in [0.25, 0.3) is 0 Å². The van der Waals surface area contributed by atoms with Crippen molar-refractivity contribution in [2.24, 2.45) is 0 Å². The number of rotatable bonds is 4. The van der Waals surface area contributed by atoms with Gasteiger partial charge in [0.2, 0.25) is 0 Å². The molecule has 0 fully saturated rings. The summed E-state index contributed by atoms with van der Waals surface area (Å²) >= 11 is 0. The fraction of sp³-hybridized carbons (Fsp3) is 0.308. The number of aromatic nitrogens is 1. The topological polar surface area (TPSA) is 26.0 Å². The summed E-state index contributed by atoms with van der Waals surface area (Å²) in [6.45, 7) is 2.05. The van der Waals surface area contributed by atoms with Gasteiger partial charge in [0.15, 0.2) is 0 Å². The number of furan rings is 1. The molecule has 0 atom stereocenters. The molecule has 78 valence electrons. The number of nitrogens with zero attached hydrogens (tertiary/aromatic N) is 1. The van der Waals surface area contributed by atoms with Crippen molar-refractivity contribution in [2.45, 2.75) is 26.2 Å². The first-order valence-electron chi connectivity index (χ1n) is 5.34. The molecule has 2 heterocycles. The summed E-state index contributed by atoms with van der Waals surface area (Å²) in [5, 5.41) is 1.15. The van der Waals surface area contributed by atoms with Gasteiger partial charge in [0.05, 0.1) is 12.0 Å². The maximum absolute atomic E-state index is 5.33. The van der Waals surface area contributed by atoms with Gasteiger partial charge in [-0.1, -0.05) is 12.2 Å². The van der Waals surface area contributed by atoms with Crippen LogP contribution in [-0.4, -0.2) is 4.98 Å². The van der Waals surface area contributed by atoms with Crippen LogP contribution in [0.15, 0.2) is 41.2 Å². The van der Waals surface area contributed by atoms with Crippen molar-refractivity contribution in [1.82, 2.24) is 4.98 Å². The van der Waals surface area contributed by atoms with Gasteiger partial charge in [-0.25, -0.2) is 0 Å². The van der Waals surface area contributed by atoms with E-state index in [9.17, 15) is 0 Å². The lowest BCUT2D eigenvalue weighted by molar-refractivity contribution is 0.615. The molecular formula is C13H15NO. The molecule has 15 heavy (non-hydrogen) atoms. The lowest BCUT2D eigenvalue weighted by Gasteiger charge is -1.99. The molecule has 2 aromatic rings. The number of pyridine rings is 1. The van der Waals surface area contributed by atoms with Gasteiger partial charge in [-0.3, -0.25) is 4.98 Å². The van der Waals surface area contributed by atoms with Gasteiger partial charge in [-0.15, -0.1) is 0 Å². The fourth-order valence-corrected chi connectivity index (χ4v) is 1.71. The highest BCUT2D eigenvalue weighted by atomic mass is 16.3. The van der Waals surface area contributed by atoms with E-state index in [0.717, 1.165) is 35.9 Å². The quantitative estimate of drug-likeness (QED) is 0.556. The summed E-state index contributed by atoms with van der Waals surface area (Å²) in [7, 11) is 0. The summed E-state index contributed by atoms with van der Waals surface area (Å²) in [4.78, 5) is 4.39. The molecule has 0 aliphatic carbocycles. The number of allylic oxidation sites excluding steroid dienone is 2. The number of fused-ring (bicyclic) bond motifs is 1. The third-order valence-electron chi connectivity index (χ3n) is 2.48. The first-order chi connectivity index (χ1) is 7.42. The zero-order valence-electron chi connectivity index (χ0n) is 8.94. The molecule has 2 rings (SSSR count). The zero-order valence-corrected chi connectivity index (χ0v) is 8.94. The van der Waals surface area contributed by atoms with Crippen LogP contribution in [0, 0.1) is 0 Å². The van der Waals surface area contributed by atoms with Crippen molar-refractivity contribution in [2.75, 3.05) is 0 Å². The van der Waals surface area contributed by atoms with Crippen molar-refractivity contribution < 1.29 is 4.42 Å². The third kappa shape index (κ3) is 2.27. The van der Waals surface area contributed by atoms with Crippen molar-refractivity contribution in [3.8, 4) is 0 Å². The Labute approximate surface area is 89.6 Å². The Morgan fingerprint density at radius 2 is 2.33 bits per heavy atom. The minimum Gasteiger partial charge on any atom is -0.464 e. The van der Waals surface area contributed by atoms with E-state index in [1.54, 1.807) is 6.26 Å². The van der Waals surface area contributed by atoms with Crippen LogP contribution >= 0.6 is 0 Å². The average molecular weight is 201 g/mol. The molecule has 0 saturated heterocycles. The molecule has 0 aliphatic rings. The van der Waals surface area contributed by atoms with Crippen LogP contribution in [0.5, 0.6) is 0 Å². The third-order valence-corrected chi connectivity index (χ3v) is 2.48. The van der Waals surface area contributed by atoms with E-state index in [0.29, 0.717) is 0 Å². The lowest BCUT2D eigenvalue weighted by Crippen LogP contribution is -1.89. The van der Waals surface area contributed by atoms with Crippen molar-refractivity contribution in [3.05, 3.63) is 42.4 Å². The normalized spacial score (nSPS) is 11.5. The maximum Gasteiger partial charge on any atom is 0.137 e. The number of hydrogen-bond acceptors (Lipinski definition) is 2. The predicted octanol–water partition coefficient (Wildman–Crippen LogP) is 3.73. The number of hydrogen-bond donors (Lipinski definition) is 0. The van der Waals surface area contributed by atoms with Gasteiger partial charge in [0, 0.05) is 11.6 Å². The van der Waals surface area contributed by atoms with E-state index in [-0.39, 0.29) is 0 Å². The van der Waals surface area contributed by atoms with E-state index in [1.165, 1.54) is 0 Å². The summed E-state index contributed by atoms with van der Waals surface area (Å²) in [6.07, 6.45) is 11.1. The Bertz CT molecular complexity index is 456. The molecule has 2 nitrogen and oxygen atoms in total. The zero-order chi connectivity index (χ0) is 10.5. The van der Waals surface area contributed by atoms with Crippen LogP contribution in [0.25, 0.3) is 11.0 Å². The molecular weight excluding hydrogens is 186 g/mol. The maximum atomic E-state index is 5.33. The second-order valence-corrected chi connectivity index (χ2v) is 3.55. The SMILES string of the molecule is CC=CCCCc1nccc2occc12. The Morgan fingerprint density at radius 3 is 3.20 bits per heavy atom. The monoisotopic (exact) mass is 201 g/mol. The van der Waals surface area contributed by atoms with E-state index in [4.69, 9.17) is 4.42 Å². The molecule has 0 bridgehead atoms. The molecule has 0 radical (unpaired) electrons. The lowest BCUT2D eigenvalue weighted by atomic mass is 10.1. The number of unbranched alkanes of at least 4 members (excludes halogenated alkanes) is 1. The fourth-order valence-electron chi connectivity index (χ4n) is 1.71. The van der Waals surface area contributed by atoms with Gasteiger partial charge in [-0.05, 0) is 38.3 Å². The van der Waals surface area contributed by atoms with E-state index in [1.807, 2.05) is 18.3 Å². The Balaban J connectivity index is 2.10. The first kappa shape index (κ1) is 9.97. The molecule has 2 aromatic heterocycles. The smallest absolute Gasteiger partial charge is 0.137 e. The molecule has 0 aromatic carbocycles. The van der Waals surface area contributed by atoms with Crippen LogP contribution in [0.4, 0.5) is 0 Å². The summed E-state index contributed by atoms with van der Waals surface area (Å²) in [5.41, 5.74) is 2.08. The highest BCUT2D eigenvalue weighted by Gasteiger charge is 2.03. The van der Waals surface area contributed by atoms with Gasteiger partial charge in [-0.2, -0.15) is 0 Å². The van der Waals surface area contributed by atoms with Gasteiger partial charge >= 0.3 is 0 Å². The van der Waals surface area contributed by atoms with Crippen molar-refractivity contribution >= 4 is 11.0 Å². The second kappa shape index (κ2) is 4.78. The minimum absolute atomic E-state index is 0.936. The van der Waals surface area contributed by atoms with Crippen molar-refractivity contribution in [1.29, 1.82) is 0 Å². The Kier molecular flexibility index (Phi) is 3.18. The summed E-state index contributed by atoms with van der Waals surface area (Å²) in [5.74, 6) is 0. The van der Waals surface area contributed by atoms with E-state index < -0.39 is 0 Å². The van der Waals surface area contributed by atoms with Crippen LogP contribution in [0.3, 0.4) is 0 Å². The van der Waals surface area contributed by atoms with Crippen LogP contribution in [0.2, 0.25) is 0 Å². The molecule has 0 saturated carbocycles. The molecule has 2 heteroatoms. The molecule has 0 spiro atoms. The highest BCUT2D eigenvalue weighted by Crippen LogP contribution is 2.19. The van der Waals surface area contributed by atoms with E-state index >= 15 is 0 Å². The molecule has 0 amide bonds. The number of aryl methyl sites for hydroxylation is 1. The minimum atomic E-state index is 0.936. The van der Waals surface area contributed by atoms with Crippen LogP contribution in [0.1, 0.15) is 25.5 Å². The molecule has 0 unspecified atom stereocenters. The predicted molar refractivity (Wildman–Crippen MR) is 61.8 cm³/mol. The Hall–Kier alpha value is -1.57. The van der Waals surface area contributed by atoms with Crippen LogP contribution < -0.4 is 0 Å². The van der Waals surface area contributed by atoms with Gasteiger partial charge in [0.1, 0.15) is 5.58 Å². The van der Waals surface area contributed by atoms with Crippen LogP contribution in [-0.2, 0) is 6.42 Å². The first-order valence-corrected chi connectivity index (χ1v) is 5.34. The molecule has 0 aliphatic heterocycles. The Morgan fingerprint density at radius 1 is 1.40 bits per heavy atom.